The molecule has 0 radical (unpaired) electrons. The Morgan fingerprint density at radius 2 is 1.91 bits per heavy atom. The SMILES string of the molecule is COC(=O)CN(Cc1ccccc1C)C(=O)CCCNC(C)=O. The average Bonchev–Trinajstić information content (AvgIpc) is 2.52. The van der Waals surface area contributed by atoms with Gasteiger partial charge in [-0.25, -0.2) is 0 Å². The van der Waals surface area contributed by atoms with E-state index >= 15 is 0 Å². The van der Waals surface area contributed by atoms with Gasteiger partial charge in [0.15, 0.2) is 0 Å². The third kappa shape index (κ3) is 6.95. The first kappa shape index (κ1) is 18.7. The quantitative estimate of drug-likeness (QED) is 0.580. The molecule has 2 amide bonds. The van der Waals surface area contributed by atoms with Crippen molar-refractivity contribution in [2.45, 2.75) is 33.2 Å². The maximum absolute atomic E-state index is 12.4. The normalized spacial score (nSPS) is 10.0. The minimum absolute atomic E-state index is 0.0796. The molecular formula is C17H24N2O4. The molecule has 1 rings (SSSR count). The molecule has 0 spiro atoms. The van der Waals surface area contributed by atoms with Crippen LogP contribution in [-0.2, 0) is 25.7 Å². The molecular weight excluding hydrogens is 296 g/mol. The molecule has 0 aliphatic rings. The predicted molar refractivity (Wildman–Crippen MR) is 86.5 cm³/mol. The fraction of sp³-hybridized carbons (Fsp3) is 0.471. The molecule has 0 bridgehead atoms. The second kappa shape index (κ2) is 9.61. The average molecular weight is 320 g/mol. The second-order valence-corrected chi connectivity index (χ2v) is 5.34. The maximum Gasteiger partial charge on any atom is 0.325 e. The Hall–Kier alpha value is -2.37. The minimum Gasteiger partial charge on any atom is -0.468 e. The monoisotopic (exact) mass is 320 g/mol. The van der Waals surface area contributed by atoms with Crippen LogP contribution in [0.25, 0.3) is 0 Å². The molecule has 1 aromatic rings. The van der Waals surface area contributed by atoms with Crippen LogP contribution in [0.4, 0.5) is 0 Å². The van der Waals surface area contributed by atoms with Gasteiger partial charge < -0.3 is 15.0 Å². The number of carbonyl (C=O) groups is 3. The fourth-order valence-electron chi connectivity index (χ4n) is 2.11. The molecule has 0 aliphatic carbocycles. The van der Waals surface area contributed by atoms with E-state index in [1.165, 1.54) is 18.9 Å². The van der Waals surface area contributed by atoms with E-state index in [9.17, 15) is 14.4 Å². The van der Waals surface area contributed by atoms with Crippen LogP contribution < -0.4 is 5.32 Å². The number of aryl methyl sites for hydroxylation is 1. The van der Waals surface area contributed by atoms with Crippen LogP contribution >= 0.6 is 0 Å². The van der Waals surface area contributed by atoms with Crippen LogP contribution in [0.5, 0.6) is 0 Å². The van der Waals surface area contributed by atoms with Gasteiger partial charge in [-0.2, -0.15) is 0 Å². The molecule has 0 unspecified atom stereocenters. The highest BCUT2D eigenvalue weighted by molar-refractivity contribution is 5.82. The summed E-state index contributed by atoms with van der Waals surface area (Å²) >= 11 is 0. The molecule has 0 aromatic heterocycles. The van der Waals surface area contributed by atoms with E-state index < -0.39 is 5.97 Å². The number of hydrogen-bond donors (Lipinski definition) is 1. The highest BCUT2D eigenvalue weighted by Gasteiger charge is 2.18. The zero-order valence-corrected chi connectivity index (χ0v) is 13.9. The number of hydrogen-bond acceptors (Lipinski definition) is 4. The number of rotatable bonds is 8. The zero-order valence-electron chi connectivity index (χ0n) is 13.9. The second-order valence-electron chi connectivity index (χ2n) is 5.34. The standard InChI is InChI=1S/C17H24N2O4/c1-13-7-4-5-8-15(13)11-19(12-17(22)23-3)16(21)9-6-10-18-14(2)20/h4-5,7-8H,6,9-12H2,1-3H3,(H,18,20). The lowest BCUT2D eigenvalue weighted by Gasteiger charge is -2.22. The van der Waals surface area contributed by atoms with Crippen LogP contribution in [0, 0.1) is 6.92 Å². The number of carbonyl (C=O) groups excluding carboxylic acids is 3. The predicted octanol–water partition coefficient (Wildman–Crippen LogP) is 1.41. The number of ether oxygens (including phenoxy) is 1. The molecule has 23 heavy (non-hydrogen) atoms. The molecule has 0 heterocycles. The van der Waals surface area contributed by atoms with Gasteiger partial charge in [-0.05, 0) is 24.5 Å². The first-order chi connectivity index (χ1) is 10.9. The number of nitrogens with zero attached hydrogens (tertiary/aromatic N) is 1. The highest BCUT2D eigenvalue weighted by Crippen LogP contribution is 2.12. The number of benzene rings is 1. The van der Waals surface area contributed by atoms with Gasteiger partial charge in [0.2, 0.25) is 11.8 Å². The van der Waals surface area contributed by atoms with Gasteiger partial charge in [0, 0.05) is 26.4 Å². The highest BCUT2D eigenvalue weighted by atomic mass is 16.5. The summed E-state index contributed by atoms with van der Waals surface area (Å²) in [6, 6.07) is 7.73. The van der Waals surface area contributed by atoms with Crippen molar-refractivity contribution >= 4 is 17.8 Å². The maximum atomic E-state index is 12.4. The molecule has 6 nitrogen and oxygen atoms in total. The summed E-state index contributed by atoms with van der Waals surface area (Å²) in [7, 11) is 1.30. The Morgan fingerprint density at radius 1 is 1.22 bits per heavy atom. The van der Waals surface area contributed by atoms with Gasteiger partial charge in [-0.15, -0.1) is 0 Å². The molecule has 0 atom stereocenters. The van der Waals surface area contributed by atoms with Crippen molar-refractivity contribution in [1.29, 1.82) is 0 Å². The topological polar surface area (TPSA) is 75.7 Å². The van der Waals surface area contributed by atoms with Gasteiger partial charge in [-0.3, -0.25) is 14.4 Å². The number of esters is 1. The van der Waals surface area contributed by atoms with Crippen LogP contribution in [0.2, 0.25) is 0 Å². The minimum atomic E-state index is -0.450. The molecule has 0 saturated heterocycles. The Labute approximate surface area is 136 Å². The fourth-order valence-corrected chi connectivity index (χ4v) is 2.11. The molecule has 0 fully saturated rings. The van der Waals surface area contributed by atoms with E-state index in [1.54, 1.807) is 0 Å². The lowest BCUT2D eigenvalue weighted by atomic mass is 10.1. The Bertz CT molecular complexity index is 557. The van der Waals surface area contributed by atoms with Crippen LogP contribution in [-0.4, -0.2) is 42.9 Å². The van der Waals surface area contributed by atoms with E-state index in [1.807, 2.05) is 31.2 Å². The first-order valence-corrected chi connectivity index (χ1v) is 7.57. The summed E-state index contributed by atoms with van der Waals surface area (Å²) in [6.07, 6.45) is 0.799. The van der Waals surface area contributed by atoms with E-state index in [4.69, 9.17) is 0 Å². The summed E-state index contributed by atoms with van der Waals surface area (Å²) in [4.78, 5) is 36.2. The Balaban J connectivity index is 2.67. The summed E-state index contributed by atoms with van der Waals surface area (Å²) < 4.78 is 4.67. The lowest BCUT2D eigenvalue weighted by molar-refractivity contribution is -0.147. The van der Waals surface area contributed by atoms with Crippen molar-refractivity contribution in [2.24, 2.45) is 0 Å². The smallest absolute Gasteiger partial charge is 0.325 e. The largest absolute Gasteiger partial charge is 0.468 e. The van der Waals surface area contributed by atoms with E-state index in [2.05, 4.69) is 10.1 Å². The van der Waals surface area contributed by atoms with Gasteiger partial charge in [-0.1, -0.05) is 24.3 Å². The summed E-state index contributed by atoms with van der Waals surface area (Å²) in [5, 5.41) is 2.65. The van der Waals surface area contributed by atoms with Crippen molar-refractivity contribution in [1.82, 2.24) is 10.2 Å². The van der Waals surface area contributed by atoms with Crippen molar-refractivity contribution < 1.29 is 19.1 Å². The first-order valence-electron chi connectivity index (χ1n) is 7.57. The zero-order chi connectivity index (χ0) is 17.2. The van der Waals surface area contributed by atoms with E-state index in [0.29, 0.717) is 19.5 Å². The molecule has 1 N–H and O–H groups in total. The summed E-state index contributed by atoms with van der Waals surface area (Å²) in [5.74, 6) is -0.707. The van der Waals surface area contributed by atoms with Crippen molar-refractivity contribution in [3.63, 3.8) is 0 Å². The van der Waals surface area contributed by atoms with Crippen molar-refractivity contribution in [3.05, 3.63) is 35.4 Å². The van der Waals surface area contributed by atoms with Crippen LogP contribution in [0.15, 0.2) is 24.3 Å². The van der Waals surface area contributed by atoms with Crippen LogP contribution in [0.1, 0.15) is 30.9 Å². The van der Waals surface area contributed by atoms with E-state index in [0.717, 1.165) is 11.1 Å². The van der Waals surface area contributed by atoms with Gasteiger partial charge in [0.05, 0.1) is 7.11 Å². The molecule has 0 aliphatic heterocycles. The third-order valence-electron chi connectivity index (χ3n) is 3.46. The summed E-state index contributed by atoms with van der Waals surface area (Å²) in [6.45, 7) is 4.12. The molecule has 6 heteroatoms. The summed E-state index contributed by atoms with van der Waals surface area (Å²) in [5.41, 5.74) is 2.06. The number of methoxy groups -OCH3 is 1. The van der Waals surface area contributed by atoms with Crippen molar-refractivity contribution in [2.75, 3.05) is 20.2 Å². The van der Waals surface area contributed by atoms with Gasteiger partial charge in [0.25, 0.3) is 0 Å². The van der Waals surface area contributed by atoms with Gasteiger partial charge >= 0.3 is 5.97 Å². The molecule has 126 valence electrons. The van der Waals surface area contributed by atoms with Crippen molar-refractivity contribution in [3.8, 4) is 0 Å². The Kier molecular flexibility index (Phi) is 7.80. The lowest BCUT2D eigenvalue weighted by Crippen LogP contribution is -2.36. The molecule has 0 saturated carbocycles. The number of nitrogens with one attached hydrogen (secondary N) is 1. The van der Waals surface area contributed by atoms with Gasteiger partial charge in [0.1, 0.15) is 6.54 Å². The number of amides is 2. The third-order valence-corrected chi connectivity index (χ3v) is 3.46. The Morgan fingerprint density at radius 3 is 2.52 bits per heavy atom. The molecule has 1 aromatic carbocycles. The van der Waals surface area contributed by atoms with Crippen LogP contribution in [0.3, 0.4) is 0 Å². The van der Waals surface area contributed by atoms with E-state index in [-0.39, 0.29) is 24.8 Å².